The molecule has 1 fully saturated rings. The van der Waals surface area contributed by atoms with Gasteiger partial charge in [0.15, 0.2) is 0 Å². The smallest absolute Gasteiger partial charge is 0.326 e. The van der Waals surface area contributed by atoms with Crippen LogP contribution in [0.3, 0.4) is 0 Å². The number of hydrogen-bond donors (Lipinski definition) is 2. The normalized spacial score (nSPS) is 16.1. The molecule has 1 aliphatic rings. The number of urea groups is 1. The fraction of sp³-hybridized carbons (Fsp3) is 0.286. The van der Waals surface area contributed by atoms with E-state index in [9.17, 15) is 22.8 Å². The van der Waals surface area contributed by atoms with Crippen molar-refractivity contribution in [2.24, 2.45) is 0 Å². The lowest BCUT2D eigenvalue weighted by Gasteiger charge is -2.32. The zero-order chi connectivity index (χ0) is 26.6. The number of benzene rings is 3. The van der Waals surface area contributed by atoms with E-state index in [0.29, 0.717) is 19.4 Å². The van der Waals surface area contributed by atoms with Gasteiger partial charge in [-0.25, -0.2) is 4.79 Å². The first kappa shape index (κ1) is 26.2. The Balaban J connectivity index is 1.39. The third-order valence-electron chi connectivity index (χ3n) is 6.15. The third kappa shape index (κ3) is 6.68. The van der Waals surface area contributed by atoms with E-state index in [2.05, 4.69) is 33.7 Å². The second-order valence-corrected chi connectivity index (χ2v) is 9.34. The van der Waals surface area contributed by atoms with Crippen molar-refractivity contribution in [3.63, 3.8) is 0 Å². The minimum atomic E-state index is -4.45. The quantitative estimate of drug-likeness (QED) is 0.444. The fourth-order valence-corrected chi connectivity index (χ4v) is 4.38. The Hall–Kier alpha value is -3.85. The van der Waals surface area contributed by atoms with Gasteiger partial charge in [0.05, 0.1) is 5.56 Å². The van der Waals surface area contributed by atoms with Gasteiger partial charge >= 0.3 is 12.2 Å². The molecular weight excluding hydrogens is 481 g/mol. The zero-order valence-corrected chi connectivity index (χ0v) is 20.7. The molecule has 1 saturated heterocycles. The summed E-state index contributed by atoms with van der Waals surface area (Å²) in [5.74, 6) is -0.227. The highest BCUT2D eigenvalue weighted by Gasteiger charge is 2.32. The van der Waals surface area contributed by atoms with Gasteiger partial charge < -0.3 is 20.4 Å². The molecular formula is C28H29F3N4O2. The van der Waals surface area contributed by atoms with Gasteiger partial charge in [-0.2, -0.15) is 13.2 Å². The Bertz CT molecular complexity index is 1240. The number of alkyl halides is 3. The molecule has 194 valence electrons. The molecule has 9 heteroatoms. The van der Waals surface area contributed by atoms with Crippen LogP contribution in [0.1, 0.15) is 24.0 Å². The van der Waals surface area contributed by atoms with Gasteiger partial charge in [0, 0.05) is 24.5 Å². The molecule has 37 heavy (non-hydrogen) atoms. The molecule has 0 aliphatic carbocycles. The van der Waals surface area contributed by atoms with Crippen molar-refractivity contribution >= 4 is 23.3 Å². The van der Waals surface area contributed by atoms with Crippen LogP contribution in [0.25, 0.3) is 11.1 Å². The first-order valence-electron chi connectivity index (χ1n) is 12.0. The predicted octanol–water partition coefficient (Wildman–Crippen LogP) is 5.75. The number of carbonyl (C=O) groups excluding carboxylic acids is 2. The number of nitrogens with one attached hydrogen (secondary N) is 2. The molecule has 3 aromatic rings. The lowest BCUT2D eigenvalue weighted by molar-refractivity contribution is -0.137. The fourth-order valence-electron chi connectivity index (χ4n) is 4.38. The Kier molecular flexibility index (Phi) is 7.83. The second kappa shape index (κ2) is 11.0. The standard InChI is InChI=1S/C28H29F3N4O2/c1-34(2)18-19-5-3-6-21(17-19)20-8-14-24(15-9-20)35-16-4-7-25(26(35)36)33-27(37)32-23-12-10-22(11-13-23)28(29,30)31/h3,5-6,8-15,17,25H,4,7,16,18H2,1-2H3,(H2,32,33,37)/t25-/m1/s1. The first-order valence-corrected chi connectivity index (χ1v) is 12.0. The van der Waals surface area contributed by atoms with Crippen LogP contribution in [-0.2, 0) is 17.5 Å². The van der Waals surface area contributed by atoms with Crippen molar-refractivity contribution in [2.75, 3.05) is 30.9 Å². The highest BCUT2D eigenvalue weighted by Crippen LogP contribution is 2.30. The van der Waals surface area contributed by atoms with Gasteiger partial charge in [-0.15, -0.1) is 0 Å². The summed E-state index contributed by atoms with van der Waals surface area (Å²) in [4.78, 5) is 29.3. The summed E-state index contributed by atoms with van der Waals surface area (Å²) in [6.07, 6.45) is -3.27. The monoisotopic (exact) mass is 510 g/mol. The summed E-state index contributed by atoms with van der Waals surface area (Å²) in [6, 6.07) is 18.8. The maximum atomic E-state index is 13.1. The molecule has 0 unspecified atom stereocenters. The Labute approximate surface area is 214 Å². The predicted molar refractivity (Wildman–Crippen MR) is 138 cm³/mol. The van der Waals surface area contributed by atoms with E-state index >= 15 is 0 Å². The van der Waals surface area contributed by atoms with Crippen molar-refractivity contribution in [3.05, 3.63) is 83.9 Å². The maximum Gasteiger partial charge on any atom is 0.416 e. The number of halogens is 3. The van der Waals surface area contributed by atoms with Gasteiger partial charge in [0.1, 0.15) is 6.04 Å². The van der Waals surface area contributed by atoms with Crippen LogP contribution in [0, 0.1) is 0 Å². The molecule has 0 saturated carbocycles. The largest absolute Gasteiger partial charge is 0.416 e. The minimum absolute atomic E-state index is 0.204. The summed E-state index contributed by atoms with van der Waals surface area (Å²) in [6.45, 7) is 1.38. The van der Waals surface area contributed by atoms with E-state index in [4.69, 9.17) is 0 Å². The number of hydrogen-bond acceptors (Lipinski definition) is 3. The van der Waals surface area contributed by atoms with Crippen LogP contribution < -0.4 is 15.5 Å². The molecule has 2 N–H and O–H groups in total. The molecule has 4 rings (SSSR count). The number of rotatable bonds is 6. The van der Waals surface area contributed by atoms with E-state index < -0.39 is 23.8 Å². The number of piperidine rings is 1. The van der Waals surface area contributed by atoms with E-state index in [1.807, 2.05) is 44.4 Å². The molecule has 3 aromatic carbocycles. The highest BCUT2D eigenvalue weighted by atomic mass is 19.4. The van der Waals surface area contributed by atoms with E-state index in [1.54, 1.807) is 4.90 Å². The van der Waals surface area contributed by atoms with Crippen LogP contribution >= 0.6 is 0 Å². The summed E-state index contributed by atoms with van der Waals surface area (Å²) in [7, 11) is 4.05. The molecule has 6 nitrogen and oxygen atoms in total. The van der Waals surface area contributed by atoms with Crippen LogP contribution in [-0.4, -0.2) is 43.5 Å². The molecule has 1 atom stereocenters. The van der Waals surface area contributed by atoms with Crippen molar-refractivity contribution < 1.29 is 22.8 Å². The summed E-state index contributed by atoms with van der Waals surface area (Å²) < 4.78 is 38.2. The van der Waals surface area contributed by atoms with Crippen molar-refractivity contribution in [1.29, 1.82) is 0 Å². The molecule has 0 spiro atoms. The van der Waals surface area contributed by atoms with Crippen LogP contribution in [0.4, 0.5) is 29.3 Å². The molecule has 1 aliphatic heterocycles. The van der Waals surface area contributed by atoms with Crippen LogP contribution in [0.2, 0.25) is 0 Å². The third-order valence-corrected chi connectivity index (χ3v) is 6.15. The second-order valence-electron chi connectivity index (χ2n) is 9.34. The number of nitrogens with zero attached hydrogens (tertiary/aromatic N) is 2. The lowest BCUT2D eigenvalue weighted by atomic mass is 10.0. The van der Waals surface area contributed by atoms with Crippen molar-refractivity contribution in [3.8, 4) is 11.1 Å². The van der Waals surface area contributed by atoms with Crippen molar-refractivity contribution in [1.82, 2.24) is 10.2 Å². The average molecular weight is 511 g/mol. The van der Waals surface area contributed by atoms with Crippen LogP contribution in [0.15, 0.2) is 72.8 Å². The Morgan fingerprint density at radius 3 is 2.35 bits per heavy atom. The van der Waals surface area contributed by atoms with Gasteiger partial charge in [-0.1, -0.05) is 30.3 Å². The molecule has 1 heterocycles. The molecule has 0 radical (unpaired) electrons. The summed E-state index contributed by atoms with van der Waals surface area (Å²) in [5.41, 5.74) is 3.49. The zero-order valence-electron chi connectivity index (χ0n) is 20.7. The summed E-state index contributed by atoms with van der Waals surface area (Å²) >= 11 is 0. The van der Waals surface area contributed by atoms with E-state index in [0.717, 1.165) is 35.5 Å². The Morgan fingerprint density at radius 2 is 1.70 bits per heavy atom. The maximum absolute atomic E-state index is 13.1. The van der Waals surface area contributed by atoms with Gasteiger partial charge in [-0.3, -0.25) is 4.79 Å². The van der Waals surface area contributed by atoms with Gasteiger partial charge in [0.25, 0.3) is 0 Å². The van der Waals surface area contributed by atoms with E-state index in [-0.39, 0.29) is 11.6 Å². The number of anilines is 2. The minimum Gasteiger partial charge on any atom is -0.326 e. The Morgan fingerprint density at radius 1 is 1.00 bits per heavy atom. The van der Waals surface area contributed by atoms with Gasteiger partial charge in [-0.05, 0) is 86.1 Å². The topological polar surface area (TPSA) is 64.7 Å². The lowest BCUT2D eigenvalue weighted by Crippen LogP contribution is -2.53. The van der Waals surface area contributed by atoms with E-state index in [1.165, 1.54) is 17.7 Å². The average Bonchev–Trinajstić information content (AvgIpc) is 2.85. The van der Waals surface area contributed by atoms with Gasteiger partial charge in [0.2, 0.25) is 5.91 Å². The van der Waals surface area contributed by atoms with Crippen LogP contribution in [0.5, 0.6) is 0 Å². The highest BCUT2D eigenvalue weighted by molar-refractivity contribution is 6.01. The molecule has 3 amide bonds. The number of amides is 3. The number of carbonyl (C=O) groups is 2. The molecule has 0 aromatic heterocycles. The summed E-state index contributed by atoms with van der Waals surface area (Å²) in [5, 5.41) is 5.15. The first-order chi connectivity index (χ1) is 17.6. The molecule has 0 bridgehead atoms. The van der Waals surface area contributed by atoms with Crippen molar-refractivity contribution in [2.45, 2.75) is 31.6 Å². The SMILES string of the molecule is CN(C)Cc1cccc(-c2ccc(N3CCC[C@@H](NC(=O)Nc4ccc(C(F)(F)F)cc4)C3=O)cc2)c1.